The van der Waals surface area contributed by atoms with Crippen LogP contribution in [0.1, 0.15) is 25.3 Å². The average molecular weight is 292 g/mol. The number of hydrogen-bond donors (Lipinski definition) is 0. The highest BCUT2D eigenvalue weighted by molar-refractivity contribution is 7.99. The van der Waals surface area contributed by atoms with E-state index < -0.39 is 0 Å². The second-order valence-electron chi connectivity index (χ2n) is 6.50. The van der Waals surface area contributed by atoms with Gasteiger partial charge in [-0.25, -0.2) is 0 Å². The standard InChI is InChI=1S/C17H28N2S/c1-14(2)11-19(10-9-18(3)4)12-15-13-20-17-8-6-5-7-16(15)17/h5-8,14-15H,9-13H2,1-4H3. The van der Waals surface area contributed by atoms with E-state index >= 15 is 0 Å². The molecule has 112 valence electrons. The maximum Gasteiger partial charge on any atom is 0.0109 e. The van der Waals surface area contributed by atoms with Gasteiger partial charge in [-0.05, 0) is 31.6 Å². The van der Waals surface area contributed by atoms with Crippen LogP contribution in [0.3, 0.4) is 0 Å². The SMILES string of the molecule is CC(C)CN(CCN(C)C)CC1CSc2ccccc21. The van der Waals surface area contributed by atoms with Gasteiger partial charge in [0.15, 0.2) is 0 Å². The maximum absolute atomic E-state index is 2.65. The summed E-state index contributed by atoms with van der Waals surface area (Å²) in [6.45, 7) is 9.37. The molecule has 0 aliphatic carbocycles. The van der Waals surface area contributed by atoms with Crippen LogP contribution in [0.5, 0.6) is 0 Å². The molecule has 1 aromatic carbocycles. The van der Waals surface area contributed by atoms with E-state index in [1.807, 2.05) is 11.8 Å². The van der Waals surface area contributed by atoms with Gasteiger partial charge in [-0.15, -0.1) is 11.8 Å². The molecule has 0 aromatic heterocycles. The van der Waals surface area contributed by atoms with Crippen molar-refractivity contribution in [3.63, 3.8) is 0 Å². The minimum Gasteiger partial charge on any atom is -0.308 e. The summed E-state index contributed by atoms with van der Waals surface area (Å²) in [6.07, 6.45) is 0. The summed E-state index contributed by atoms with van der Waals surface area (Å²) >= 11 is 2.02. The number of likely N-dealkylation sites (N-methyl/N-ethyl adjacent to an activating group) is 1. The molecule has 0 radical (unpaired) electrons. The summed E-state index contributed by atoms with van der Waals surface area (Å²) in [6, 6.07) is 8.93. The molecule has 1 atom stereocenters. The van der Waals surface area contributed by atoms with Gasteiger partial charge in [0.05, 0.1) is 0 Å². The van der Waals surface area contributed by atoms with Crippen molar-refractivity contribution in [1.82, 2.24) is 9.80 Å². The van der Waals surface area contributed by atoms with Crippen LogP contribution in [0.2, 0.25) is 0 Å². The molecule has 1 aromatic rings. The lowest BCUT2D eigenvalue weighted by molar-refractivity contribution is 0.211. The van der Waals surface area contributed by atoms with E-state index in [0.29, 0.717) is 5.92 Å². The first kappa shape index (κ1) is 15.9. The van der Waals surface area contributed by atoms with Crippen LogP contribution in [-0.4, -0.2) is 55.8 Å². The van der Waals surface area contributed by atoms with Crippen molar-refractivity contribution < 1.29 is 0 Å². The van der Waals surface area contributed by atoms with Crippen molar-refractivity contribution in [3.8, 4) is 0 Å². The zero-order valence-electron chi connectivity index (χ0n) is 13.3. The molecule has 0 saturated carbocycles. The predicted octanol–water partition coefficient (Wildman–Crippen LogP) is 3.40. The second-order valence-corrected chi connectivity index (χ2v) is 7.56. The molecule has 0 bridgehead atoms. The summed E-state index contributed by atoms with van der Waals surface area (Å²) in [4.78, 5) is 6.43. The van der Waals surface area contributed by atoms with E-state index in [9.17, 15) is 0 Å². The summed E-state index contributed by atoms with van der Waals surface area (Å²) in [5.41, 5.74) is 1.57. The quantitative estimate of drug-likeness (QED) is 0.760. The summed E-state index contributed by atoms with van der Waals surface area (Å²) in [7, 11) is 4.32. The van der Waals surface area contributed by atoms with Crippen molar-refractivity contribution in [2.75, 3.05) is 46.0 Å². The molecule has 0 spiro atoms. The third-order valence-electron chi connectivity index (χ3n) is 3.76. The Bertz CT molecular complexity index is 417. The third-order valence-corrected chi connectivity index (χ3v) is 5.02. The summed E-state index contributed by atoms with van der Waals surface area (Å²) < 4.78 is 0. The molecule has 0 amide bonds. The van der Waals surface area contributed by atoms with Gasteiger partial charge in [-0.2, -0.15) is 0 Å². The topological polar surface area (TPSA) is 6.48 Å². The van der Waals surface area contributed by atoms with Crippen LogP contribution in [-0.2, 0) is 0 Å². The second kappa shape index (κ2) is 7.48. The predicted molar refractivity (Wildman–Crippen MR) is 89.7 cm³/mol. The van der Waals surface area contributed by atoms with Gasteiger partial charge in [-0.3, -0.25) is 0 Å². The number of hydrogen-bond acceptors (Lipinski definition) is 3. The number of benzene rings is 1. The molecule has 2 nitrogen and oxygen atoms in total. The molecule has 1 aliphatic rings. The first-order valence-electron chi connectivity index (χ1n) is 7.65. The number of fused-ring (bicyclic) bond motifs is 1. The van der Waals surface area contributed by atoms with Crippen LogP contribution < -0.4 is 0 Å². The molecule has 1 aliphatic heterocycles. The fraction of sp³-hybridized carbons (Fsp3) is 0.647. The molecule has 0 N–H and O–H groups in total. The Hall–Kier alpha value is -0.510. The molecule has 0 fully saturated rings. The van der Waals surface area contributed by atoms with Crippen molar-refractivity contribution in [1.29, 1.82) is 0 Å². The molecular weight excluding hydrogens is 264 g/mol. The smallest absolute Gasteiger partial charge is 0.0109 e. The fourth-order valence-corrected chi connectivity index (χ4v) is 4.05. The van der Waals surface area contributed by atoms with Crippen LogP contribution in [0.15, 0.2) is 29.2 Å². The van der Waals surface area contributed by atoms with Crippen LogP contribution in [0.25, 0.3) is 0 Å². The zero-order valence-corrected chi connectivity index (χ0v) is 14.1. The molecule has 1 unspecified atom stereocenters. The molecular formula is C17H28N2S. The van der Waals surface area contributed by atoms with Gasteiger partial charge >= 0.3 is 0 Å². The minimum atomic E-state index is 0.706. The third kappa shape index (κ3) is 4.51. The number of rotatable bonds is 7. The first-order chi connectivity index (χ1) is 9.56. The Morgan fingerprint density at radius 2 is 1.95 bits per heavy atom. The highest BCUT2D eigenvalue weighted by Gasteiger charge is 2.24. The van der Waals surface area contributed by atoms with Crippen LogP contribution >= 0.6 is 11.8 Å². The van der Waals surface area contributed by atoms with Crippen molar-refractivity contribution in [2.24, 2.45) is 5.92 Å². The summed E-state index contributed by atoms with van der Waals surface area (Å²) in [5.74, 6) is 2.69. The lowest BCUT2D eigenvalue weighted by Gasteiger charge is -2.28. The lowest BCUT2D eigenvalue weighted by atomic mass is 10.0. The van der Waals surface area contributed by atoms with E-state index in [2.05, 4.69) is 62.0 Å². The van der Waals surface area contributed by atoms with Gasteiger partial charge in [0.2, 0.25) is 0 Å². The van der Waals surface area contributed by atoms with Gasteiger partial charge < -0.3 is 9.80 Å². The Balaban J connectivity index is 1.97. The normalized spacial score (nSPS) is 18.2. The Labute approximate surface area is 128 Å². The molecule has 20 heavy (non-hydrogen) atoms. The average Bonchev–Trinajstić information content (AvgIpc) is 2.79. The minimum absolute atomic E-state index is 0.706. The highest BCUT2D eigenvalue weighted by atomic mass is 32.2. The van der Waals surface area contributed by atoms with Gasteiger partial charge in [0, 0.05) is 42.7 Å². The van der Waals surface area contributed by atoms with Gasteiger partial charge in [0.1, 0.15) is 0 Å². The zero-order chi connectivity index (χ0) is 14.5. The maximum atomic E-state index is 2.65. The monoisotopic (exact) mass is 292 g/mol. The van der Waals surface area contributed by atoms with Crippen molar-refractivity contribution in [2.45, 2.75) is 24.7 Å². The van der Waals surface area contributed by atoms with Crippen LogP contribution in [0, 0.1) is 5.92 Å². The Morgan fingerprint density at radius 1 is 1.20 bits per heavy atom. The van der Waals surface area contributed by atoms with E-state index in [4.69, 9.17) is 0 Å². The van der Waals surface area contributed by atoms with Crippen LogP contribution in [0.4, 0.5) is 0 Å². The fourth-order valence-electron chi connectivity index (χ4n) is 2.81. The molecule has 1 heterocycles. The largest absolute Gasteiger partial charge is 0.308 e. The van der Waals surface area contributed by atoms with E-state index in [1.54, 1.807) is 5.56 Å². The highest BCUT2D eigenvalue weighted by Crippen LogP contribution is 2.39. The number of nitrogens with zero attached hydrogens (tertiary/aromatic N) is 2. The van der Waals surface area contributed by atoms with Crippen molar-refractivity contribution in [3.05, 3.63) is 29.8 Å². The van der Waals surface area contributed by atoms with Crippen molar-refractivity contribution >= 4 is 11.8 Å². The first-order valence-corrected chi connectivity index (χ1v) is 8.63. The molecule has 3 heteroatoms. The van der Waals surface area contributed by atoms with Gasteiger partial charge in [0.25, 0.3) is 0 Å². The van der Waals surface area contributed by atoms with E-state index in [0.717, 1.165) is 12.5 Å². The van der Waals surface area contributed by atoms with E-state index in [-0.39, 0.29) is 0 Å². The number of thioether (sulfide) groups is 1. The Kier molecular flexibility index (Phi) is 5.94. The van der Waals surface area contributed by atoms with Gasteiger partial charge in [-0.1, -0.05) is 32.0 Å². The Morgan fingerprint density at radius 3 is 2.65 bits per heavy atom. The summed E-state index contributed by atoms with van der Waals surface area (Å²) in [5, 5.41) is 0. The molecule has 0 saturated heterocycles. The lowest BCUT2D eigenvalue weighted by Crippen LogP contribution is -2.37. The van der Waals surface area contributed by atoms with E-state index in [1.165, 1.54) is 30.3 Å². The molecule has 2 rings (SSSR count).